The van der Waals surface area contributed by atoms with Crippen LogP contribution in [0.3, 0.4) is 0 Å². The monoisotopic (exact) mass is 637 g/mol. The molecule has 0 saturated carbocycles. The fourth-order valence-electron chi connectivity index (χ4n) is 2.91. The molecule has 6 nitrogen and oxygen atoms in total. The summed E-state index contributed by atoms with van der Waals surface area (Å²) >= 11 is 10.9. The van der Waals surface area contributed by atoms with Gasteiger partial charge in [0.15, 0.2) is 0 Å². The van der Waals surface area contributed by atoms with Crippen LogP contribution in [0.2, 0.25) is 0 Å². The van der Waals surface area contributed by atoms with Gasteiger partial charge in [-0.2, -0.15) is 0 Å². The molecule has 3 aromatic rings. The third-order valence-corrected chi connectivity index (χ3v) is 7.81. The Labute approximate surface area is 194 Å². The molecule has 3 heterocycles. The van der Waals surface area contributed by atoms with Crippen molar-refractivity contribution in [3.63, 3.8) is 0 Å². The van der Waals surface area contributed by atoms with Crippen molar-refractivity contribution in [3.05, 3.63) is 47.6 Å². The SMILES string of the molecule is Cc1nn([B-](n2nc(C)c(Br)c2C)n2nc(C)c(Br)c2C)c(C)c1Br.[Ag+]. The van der Waals surface area contributed by atoms with Crippen LogP contribution in [0.1, 0.15) is 34.2 Å². The van der Waals surface area contributed by atoms with Gasteiger partial charge in [0.1, 0.15) is 0 Å². The molecule has 143 valence electrons. The number of hydrogen-bond donors (Lipinski definition) is 0. The molecule has 3 rings (SSSR count). The first-order valence-corrected chi connectivity index (χ1v) is 10.2. The Bertz CT molecular complexity index is 853. The maximum Gasteiger partial charge on any atom is 1.00 e. The van der Waals surface area contributed by atoms with E-state index >= 15 is 0 Å². The van der Waals surface area contributed by atoms with E-state index in [-0.39, 0.29) is 29.5 Å². The van der Waals surface area contributed by atoms with E-state index in [1.54, 1.807) is 0 Å². The molecule has 0 N–H and O–H groups in total. The molecular weight excluding hydrogens is 623 g/mol. The zero-order valence-electron chi connectivity index (χ0n) is 15.2. The van der Waals surface area contributed by atoms with E-state index in [0.29, 0.717) is 0 Å². The summed E-state index contributed by atoms with van der Waals surface area (Å²) in [5, 5.41) is 14.2. The van der Waals surface area contributed by atoms with Crippen LogP contribution in [-0.4, -0.2) is 36.2 Å². The van der Waals surface area contributed by atoms with Crippen LogP contribution >= 0.6 is 47.8 Å². The van der Waals surface area contributed by atoms with Crippen molar-refractivity contribution < 1.29 is 22.4 Å². The number of nitrogens with zero attached hydrogens (tertiary/aromatic N) is 6. The van der Waals surface area contributed by atoms with Gasteiger partial charge in [-0.05, 0) is 89.3 Å². The first-order valence-electron chi connectivity index (χ1n) is 7.78. The van der Waals surface area contributed by atoms with E-state index < -0.39 is 0 Å². The van der Waals surface area contributed by atoms with Gasteiger partial charge in [0.05, 0.1) is 30.5 Å². The standard InChI is InChI=1S/C15H18BBr3N6.Ag/c1-7-13(17)10(4)23(20-7)16(24-11(5)14(18)8(2)21-24)25-12(6)15(19)9(3)22-25;/h1-6H3;/q-1;+1. The summed E-state index contributed by atoms with van der Waals surface area (Å²) in [6.07, 6.45) is 0. The molecule has 0 aliphatic carbocycles. The van der Waals surface area contributed by atoms with Crippen molar-refractivity contribution in [2.45, 2.75) is 41.5 Å². The Kier molecular flexibility index (Phi) is 6.89. The quantitative estimate of drug-likeness (QED) is 0.401. The predicted octanol–water partition coefficient (Wildman–Crippen LogP) is 4.34. The second-order valence-electron chi connectivity index (χ2n) is 6.13. The third kappa shape index (κ3) is 3.48. The van der Waals surface area contributed by atoms with Gasteiger partial charge in [0, 0.05) is 17.1 Å². The van der Waals surface area contributed by atoms with Gasteiger partial charge < -0.3 is 13.8 Å². The van der Waals surface area contributed by atoms with Crippen LogP contribution < -0.4 is 0 Å². The summed E-state index contributed by atoms with van der Waals surface area (Å²) in [6.45, 7) is 12.1. The average Bonchev–Trinajstić information content (AvgIpc) is 3.08. The van der Waals surface area contributed by atoms with Gasteiger partial charge in [-0.25, -0.2) is 15.3 Å². The van der Waals surface area contributed by atoms with Crippen LogP contribution in [0, 0.1) is 41.5 Å². The largest absolute Gasteiger partial charge is 1.00 e. The summed E-state index contributed by atoms with van der Waals surface area (Å²) in [6, 6.07) is 0. The van der Waals surface area contributed by atoms with Gasteiger partial charge in [0.2, 0.25) is 0 Å². The molecule has 3 aromatic heterocycles. The maximum atomic E-state index is 4.74. The summed E-state index contributed by atoms with van der Waals surface area (Å²) in [7, 11) is -0.333. The van der Waals surface area contributed by atoms with Crippen LogP contribution in [0.25, 0.3) is 0 Å². The third-order valence-electron chi connectivity index (χ3n) is 4.37. The van der Waals surface area contributed by atoms with E-state index in [1.165, 1.54) is 0 Å². The minimum atomic E-state index is -0.333. The Morgan fingerprint density at radius 3 is 0.962 bits per heavy atom. The molecule has 0 aliphatic heterocycles. The first kappa shape index (κ1) is 22.2. The zero-order chi connectivity index (χ0) is 18.6. The van der Waals surface area contributed by atoms with E-state index in [9.17, 15) is 0 Å². The molecular formula is C15H18AgBBr3N6. The van der Waals surface area contributed by atoms with Gasteiger partial charge >= 0.3 is 22.4 Å². The summed E-state index contributed by atoms with van der Waals surface area (Å²) in [5.41, 5.74) is 5.87. The smallest absolute Gasteiger partial charge is 0.421 e. The zero-order valence-corrected chi connectivity index (χ0v) is 21.4. The minimum Gasteiger partial charge on any atom is -0.421 e. The minimum absolute atomic E-state index is 0. The average molecular weight is 641 g/mol. The van der Waals surface area contributed by atoms with Crippen molar-refractivity contribution in [2.75, 3.05) is 0 Å². The van der Waals surface area contributed by atoms with Crippen LogP contribution in [-0.2, 0) is 22.4 Å². The van der Waals surface area contributed by atoms with Crippen molar-refractivity contribution in [1.29, 1.82) is 0 Å². The Morgan fingerprint density at radius 1 is 0.577 bits per heavy atom. The normalized spacial score (nSPS) is 11.3. The summed E-state index contributed by atoms with van der Waals surface area (Å²) in [5.74, 6) is 0. The van der Waals surface area contributed by atoms with E-state index in [1.807, 2.05) is 55.3 Å². The van der Waals surface area contributed by atoms with Crippen LogP contribution in [0.15, 0.2) is 13.4 Å². The molecule has 0 saturated heterocycles. The fourth-order valence-corrected chi connectivity index (χ4v) is 3.70. The second-order valence-corrected chi connectivity index (χ2v) is 8.51. The van der Waals surface area contributed by atoms with E-state index in [2.05, 4.69) is 47.8 Å². The molecule has 0 fully saturated rings. The predicted molar refractivity (Wildman–Crippen MR) is 110 cm³/mol. The Balaban J connectivity index is 0.00000243. The molecule has 0 aliphatic rings. The number of aryl methyl sites for hydroxylation is 3. The summed E-state index contributed by atoms with van der Waals surface area (Å²) < 4.78 is 8.86. The van der Waals surface area contributed by atoms with Gasteiger partial charge in [-0.1, -0.05) is 0 Å². The topological polar surface area (TPSA) is 53.5 Å². The fraction of sp³-hybridized carbons (Fsp3) is 0.400. The molecule has 0 bridgehead atoms. The van der Waals surface area contributed by atoms with E-state index in [4.69, 9.17) is 15.3 Å². The van der Waals surface area contributed by atoms with E-state index in [0.717, 1.165) is 47.6 Å². The molecule has 1 radical (unpaired) electrons. The molecule has 0 atom stereocenters. The van der Waals surface area contributed by atoms with Crippen molar-refractivity contribution >= 4 is 54.9 Å². The van der Waals surface area contributed by atoms with Gasteiger partial charge in [-0.3, -0.25) is 0 Å². The first-order chi connectivity index (χ1) is 11.6. The molecule has 0 amide bonds. The van der Waals surface area contributed by atoms with Crippen molar-refractivity contribution in [1.82, 2.24) is 29.1 Å². The number of hydrogen-bond acceptors (Lipinski definition) is 3. The van der Waals surface area contributed by atoms with Crippen LogP contribution in [0.5, 0.6) is 0 Å². The van der Waals surface area contributed by atoms with Crippen molar-refractivity contribution in [3.8, 4) is 0 Å². The Morgan fingerprint density at radius 2 is 0.808 bits per heavy atom. The van der Waals surface area contributed by atoms with Gasteiger partial charge in [-0.15, -0.1) is 0 Å². The second kappa shape index (κ2) is 8.09. The van der Waals surface area contributed by atoms with Crippen molar-refractivity contribution in [2.24, 2.45) is 0 Å². The molecule has 11 heteroatoms. The summed E-state index contributed by atoms with van der Waals surface area (Å²) in [4.78, 5) is 0. The van der Waals surface area contributed by atoms with Gasteiger partial charge in [0.25, 0.3) is 7.12 Å². The molecule has 26 heavy (non-hydrogen) atoms. The molecule has 0 unspecified atom stereocenters. The number of rotatable bonds is 3. The maximum absolute atomic E-state index is 4.74. The number of halogens is 3. The van der Waals surface area contributed by atoms with Crippen LogP contribution in [0.4, 0.5) is 0 Å². The number of aromatic nitrogens is 6. The molecule has 0 spiro atoms. The Hall–Kier alpha value is -0.125. The molecule has 0 aromatic carbocycles.